The summed E-state index contributed by atoms with van der Waals surface area (Å²) in [7, 11) is 0. The van der Waals surface area contributed by atoms with Crippen molar-refractivity contribution in [3.05, 3.63) is 35.9 Å². The Balaban J connectivity index is 1.90. The molecule has 6 heteroatoms. The topological polar surface area (TPSA) is 82.5 Å². The highest BCUT2D eigenvalue weighted by Crippen LogP contribution is 2.36. The van der Waals surface area contributed by atoms with E-state index in [4.69, 9.17) is 20.2 Å². The number of hydrogen-bond acceptors (Lipinski definition) is 5. The summed E-state index contributed by atoms with van der Waals surface area (Å²) in [5, 5.41) is 9.27. The summed E-state index contributed by atoms with van der Waals surface area (Å²) in [6.45, 7) is 3.86. The minimum atomic E-state index is 0.125. The van der Waals surface area contributed by atoms with Crippen LogP contribution in [0.15, 0.2) is 30.3 Å². The van der Waals surface area contributed by atoms with Gasteiger partial charge in [-0.1, -0.05) is 12.1 Å². The monoisotopic (exact) mass is 339 g/mol. The summed E-state index contributed by atoms with van der Waals surface area (Å²) >= 11 is 0. The maximum absolute atomic E-state index is 9.27. The van der Waals surface area contributed by atoms with Crippen LogP contribution in [0.3, 0.4) is 0 Å². The number of imidazole rings is 1. The van der Waals surface area contributed by atoms with Gasteiger partial charge in [-0.05, 0) is 25.0 Å². The number of aromatic nitrogens is 2. The smallest absolute Gasteiger partial charge is 0.163 e. The summed E-state index contributed by atoms with van der Waals surface area (Å²) in [5.74, 6) is 2.29. The molecular formula is C19H21N3O3. The molecule has 1 aliphatic rings. The second kappa shape index (κ2) is 6.29. The van der Waals surface area contributed by atoms with Crippen molar-refractivity contribution in [2.75, 3.05) is 25.6 Å². The number of anilines is 1. The first kappa shape index (κ1) is 15.8. The zero-order chi connectivity index (χ0) is 17.4. The van der Waals surface area contributed by atoms with Gasteiger partial charge in [-0.15, -0.1) is 0 Å². The maximum Gasteiger partial charge on any atom is 0.163 e. The van der Waals surface area contributed by atoms with Gasteiger partial charge in [0, 0.05) is 36.5 Å². The molecule has 1 aliphatic heterocycles. The molecule has 0 aliphatic carbocycles. The Bertz CT molecular complexity index is 933. The Labute approximate surface area is 145 Å². The molecule has 1 aromatic heterocycles. The molecular weight excluding hydrogens is 318 g/mol. The highest BCUT2D eigenvalue weighted by molar-refractivity contribution is 5.84. The molecule has 3 aromatic rings. The van der Waals surface area contributed by atoms with Crippen LogP contribution in [0, 0.1) is 6.92 Å². The molecule has 2 heterocycles. The molecule has 0 unspecified atom stereocenters. The van der Waals surface area contributed by atoms with Crippen LogP contribution in [0.5, 0.6) is 11.5 Å². The van der Waals surface area contributed by atoms with Crippen molar-refractivity contribution < 1.29 is 14.6 Å². The molecule has 6 nitrogen and oxygen atoms in total. The van der Waals surface area contributed by atoms with Crippen LogP contribution in [-0.4, -0.2) is 34.5 Å². The molecule has 0 atom stereocenters. The van der Waals surface area contributed by atoms with Gasteiger partial charge in [-0.3, -0.25) is 0 Å². The molecule has 25 heavy (non-hydrogen) atoms. The second-order valence-electron chi connectivity index (χ2n) is 6.22. The van der Waals surface area contributed by atoms with Gasteiger partial charge in [0.2, 0.25) is 0 Å². The van der Waals surface area contributed by atoms with Gasteiger partial charge in [0.05, 0.1) is 11.0 Å². The quantitative estimate of drug-likeness (QED) is 0.714. The average molecular weight is 339 g/mol. The summed E-state index contributed by atoms with van der Waals surface area (Å²) in [5.41, 5.74) is 10.6. The standard InChI is InChI=1S/C19H21N3O3/c1-12-3-4-13(9-14(12)20)19-21-15-10-17-18(25-8-7-24-17)11-16(15)22(19)5-2-6-23/h3-4,9-11,23H,2,5-8,20H2,1H3. The van der Waals surface area contributed by atoms with E-state index in [9.17, 15) is 5.11 Å². The highest BCUT2D eigenvalue weighted by Gasteiger charge is 2.19. The van der Waals surface area contributed by atoms with Crippen LogP contribution in [0.2, 0.25) is 0 Å². The molecule has 0 amide bonds. The molecule has 0 bridgehead atoms. The summed E-state index contributed by atoms with van der Waals surface area (Å²) in [6.07, 6.45) is 0.647. The van der Waals surface area contributed by atoms with Crippen molar-refractivity contribution in [2.45, 2.75) is 19.9 Å². The molecule has 4 rings (SSSR count). The van der Waals surface area contributed by atoms with Gasteiger partial charge in [-0.25, -0.2) is 4.98 Å². The third-order valence-corrected chi connectivity index (χ3v) is 4.49. The lowest BCUT2D eigenvalue weighted by Crippen LogP contribution is -2.15. The lowest BCUT2D eigenvalue weighted by Gasteiger charge is -2.18. The number of nitrogens with two attached hydrogens (primary N) is 1. The Morgan fingerprint density at radius 3 is 2.64 bits per heavy atom. The fourth-order valence-electron chi connectivity index (χ4n) is 3.12. The highest BCUT2D eigenvalue weighted by atomic mass is 16.6. The third kappa shape index (κ3) is 2.78. The van der Waals surface area contributed by atoms with Crippen molar-refractivity contribution in [1.29, 1.82) is 0 Å². The van der Waals surface area contributed by atoms with E-state index in [1.54, 1.807) is 0 Å². The predicted molar refractivity (Wildman–Crippen MR) is 97.0 cm³/mol. The van der Waals surface area contributed by atoms with Gasteiger partial charge in [0.1, 0.15) is 19.0 Å². The van der Waals surface area contributed by atoms with Gasteiger partial charge < -0.3 is 24.9 Å². The molecule has 0 saturated carbocycles. The Kier molecular flexibility index (Phi) is 3.97. The molecule has 0 fully saturated rings. The van der Waals surface area contributed by atoms with E-state index in [2.05, 4.69) is 4.57 Å². The Morgan fingerprint density at radius 1 is 1.16 bits per heavy atom. The Morgan fingerprint density at radius 2 is 1.92 bits per heavy atom. The molecule has 3 N–H and O–H groups in total. The SMILES string of the molecule is Cc1ccc(-c2nc3cc4c(cc3n2CCCO)OCCO4)cc1N. The van der Waals surface area contributed by atoms with Crippen molar-refractivity contribution in [2.24, 2.45) is 0 Å². The number of aryl methyl sites for hydroxylation is 2. The summed E-state index contributed by atoms with van der Waals surface area (Å²) in [4.78, 5) is 4.80. The van der Waals surface area contributed by atoms with Crippen LogP contribution < -0.4 is 15.2 Å². The molecule has 0 spiro atoms. The number of benzene rings is 2. The van der Waals surface area contributed by atoms with E-state index in [1.165, 1.54) is 0 Å². The third-order valence-electron chi connectivity index (χ3n) is 4.49. The minimum Gasteiger partial charge on any atom is -0.486 e. The fourth-order valence-corrected chi connectivity index (χ4v) is 3.12. The average Bonchev–Trinajstić information content (AvgIpc) is 2.97. The van der Waals surface area contributed by atoms with E-state index in [0.717, 1.165) is 45.2 Å². The van der Waals surface area contributed by atoms with Crippen molar-refractivity contribution in [3.63, 3.8) is 0 Å². The first-order chi connectivity index (χ1) is 12.2. The van der Waals surface area contributed by atoms with Crippen LogP contribution in [0.25, 0.3) is 22.4 Å². The van der Waals surface area contributed by atoms with Crippen LogP contribution in [0.1, 0.15) is 12.0 Å². The molecule has 2 aromatic carbocycles. The first-order valence-corrected chi connectivity index (χ1v) is 8.44. The summed E-state index contributed by atoms with van der Waals surface area (Å²) < 4.78 is 13.5. The van der Waals surface area contributed by atoms with Gasteiger partial charge in [0.25, 0.3) is 0 Å². The van der Waals surface area contributed by atoms with Gasteiger partial charge in [0.15, 0.2) is 11.5 Å². The first-order valence-electron chi connectivity index (χ1n) is 8.44. The van der Waals surface area contributed by atoms with E-state index in [1.807, 2.05) is 37.3 Å². The number of ether oxygens (including phenoxy) is 2. The molecule has 130 valence electrons. The number of rotatable bonds is 4. The zero-order valence-electron chi connectivity index (χ0n) is 14.2. The van der Waals surface area contributed by atoms with Crippen LogP contribution in [0.4, 0.5) is 5.69 Å². The maximum atomic E-state index is 9.27. The lowest BCUT2D eigenvalue weighted by atomic mass is 10.1. The van der Waals surface area contributed by atoms with Crippen molar-refractivity contribution in [3.8, 4) is 22.9 Å². The fraction of sp³-hybridized carbons (Fsp3) is 0.316. The predicted octanol–water partition coefficient (Wildman–Crippen LogP) is 2.75. The van der Waals surface area contributed by atoms with E-state index in [-0.39, 0.29) is 6.61 Å². The van der Waals surface area contributed by atoms with Crippen molar-refractivity contribution in [1.82, 2.24) is 9.55 Å². The van der Waals surface area contributed by atoms with Crippen molar-refractivity contribution >= 4 is 16.7 Å². The minimum absolute atomic E-state index is 0.125. The Hall–Kier alpha value is -2.73. The lowest BCUT2D eigenvalue weighted by molar-refractivity contribution is 0.172. The largest absolute Gasteiger partial charge is 0.486 e. The number of fused-ring (bicyclic) bond motifs is 2. The number of aliphatic hydroxyl groups excluding tert-OH is 1. The number of nitrogens with zero attached hydrogens (tertiary/aromatic N) is 2. The van der Waals surface area contributed by atoms with Gasteiger partial charge in [-0.2, -0.15) is 0 Å². The normalized spacial score (nSPS) is 13.4. The van der Waals surface area contributed by atoms with Crippen LogP contribution >= 0.6 is 0 Å². The number of hydrogen-bond donors (Lipinski definition) is 2. The van der Waals surface area contributed by atoms with E-state index in [0.29, 0.717) is 26.2 Å². The number of aliphatic hydroxyl groups is 1. The van der Waals surface area contributed by atoms with Crippen LogP contribution in [-0.2, 0) is 6.54 Å². The second-order valence-corrected chi connectivity index (χ2v) is 6.22. The molecule has 0 saturated heterocycles. The molecule has 0 radical (unpaired) electrons. The van der Waals surface area contributed by atoms with E-state index < -0.39 is 0 Å². The zero-order valence-corrected chi connectivity index (χ0v) is 14.2. The number of nitrogen functional groups attached to an aromatic ring is 1. The summed E-state index contributed by atoms with van der Waals surface area (Å²) in [6, 6.07) is 9.85. The van der Waals surface area contributed by atoms with E-state index >= 15 is 0 Å². The van der Waals surface area contributed by atoms with Gasteiger partial charge >= 0.3 is 0 Å².